The Hall–Kier alpha value is -2.04. The van der Waals surface area contributed by atoms with E-state index >= 15 is 0 Å². The molecule has 1 aromatic rings. The molecule has 1 aliphatic carbocycles. The second-order valence-corrected chi connectivity index (χ2v) is 5.68. The van der Waals surface area contributed by atoms with Gasteiger partial charge in [0.1, 0.15) is 6.04 Å². The third kappa shape index (κ3) is 2.35. The number of anilines is 2. The summed E-state index contributed by atoms with van der Waals surface area (Å²) >= 11 is 0. The smallest absolute Gasteiger partial charge is 0.252 e. The van der Waals surface area contributed by atoms with Crippen LogP contribution >= 0.6 is 0 Å². The lowest BCUT2D eigenvalue weighted by Gasteiger charge is -2.17. The second kappa shape index (κ2) is 4.81. The highest BCUT2D eigenvalue weighted by Crippen LogP contribution is 2.32. The fourth-order valence-electron chi connectivity index (χ4n) is 2.56. The summed E-state index contributed by atoms with van der Waals surface area (Å²) in [5, 5.41) is 3.19. The van der Waals surface area contributed by atoms with Gasteiger partial charge in [-0.2, -0.15) is 0 Å². The number of hydrogen-bond acceptors (Lipinski definition) is 4. The molecule has 0 bridgehead atoms. The van der Waals surface area contributed by atoms with E-state index in [9.17, 15) is 9.59 Å². The van der Waals surface area contributed by atoms with Crippen molar-refractivity contribution in [2.24, 2.45) is 0 Å². The van der Waals surface area contributed by atoms with Gasteiger partial charge < -0.3 is 10.2 Å². The maximum atomic E-state index is 12.3. The van der Waals surface area contributed by atoms with E-state index in [-0.39, 0.29) is 24.3 Å². The molecule has 5 heteroatoms. The molecule has 0 aromatic heterocycles. The highest BCUT2D eigenvalue weighted by atomic mass is 16.2. The zero-order chi connectivity index (χ0) is 14.3. The lowest BCUT2D eigenvalue weighted by Crippen LogP contribution is -2.36. The number of likely N-dealkylation sites (tertiary alicyclic amines) is 1. The van der Waals surface area contributed by atoms with Crippen LogP contribution in [-0.2, 0) is 9.59 Å². The number of carbonyl (C=O) groups is 2. The van der Waals surface area contributed by atoms with Gasteiger partial charge in [-0.25, -0.2) is 0 Å². The van der Waals surface area contributed by atoms with Crippen LogP contribution in [-0.4, -0.2) is 42.9 Å². The van der Waals surface area contributed by atoms with E-state index in [1.807, 2.05) is 43.3 Å². The SMILES string of the molecule is CN(C)c1cccc(NC2CC(=O)N(C3CC3)C2=O)c1. The quantitative estimate of drug-likeness (QED) is 0.844. The average Bonchev–Trinajstić information content (AvgIpc) is 3.19. The van der Waals surface area contributed by atoms with Gasteiger partial charge in [0.15, 0.2) is 0 Å². The molecule has 1 saturated heterocycles. The summed E-state index contributed by atoms with van der Waals surface area (Å²) < 4.78 is 0. The zero-order valence-corrected chi connectivity index (χ0v) is 11.8. The number of amides is 2. The van der Waals surface area contributed by atoms with E-state index in [0.717, 1.165) is 24.2 Å². The molecule has 1 heterocycles. The van der Waals surface area contributed by atoms with Crippen LogP contribution in [0.5, 0.6) is 0 Å². The lowest BCUT2D eigenvalue weighted by molar-refractivity contribution is -0.139. The second-order valence-electron chi connectivity index (χ2n) is 5.68. The fourth-order valence-corrected chi connectivity index (χ4v) is 2.56. The Morgan fingerprint density at radius 2 is 2.00 bits per heavy atom. The molecule has 2 aliphatic rings. The van der Waals surface area contributed by atoms with E-state index in [0.29, 0.717) is 0 Å². The molecule has 2 fully saturated rings. The van der Waals surface area contributed by atoms with Gasteiger partial charge in [0.25, 0.3) is 5.91 Å². The van der Waals surface area contributed by atoms with Crippen LogP contribution in [0.4, 0.5) is 11.4 Å². The van der Waals surface area contributed by atoms with Gasteiger partial charge in [0, 0.05) is 31.5 Å². The maximum Gasteiger partial charge on any atom is 0.252 e. The van der Waals surface area contributed by atoms with Crippen molar-refractivity contribution in [3.05, 3.63) is 24.3 Å². The number of nitrogens with one attached hydrogen (secondary N) is 1. The summed E-state index contributed by atoms with van der Waals surface area (Å²) in [5.41, 5.74) is 1.94. The summed E-state index contributed by atoms with van der Waals surface area (Å²) in [7, 11) is 3.94. The minimum atomic E-state index is -0.416. The molecular formula is C15H19N3O2. The highest BCUT2D eigenvalue weighted by molar-refractivity contribution is 6.07. The first-order valence-corrected chi connectivity index (χ1v) is 6.96. The molecule has 3 rings (SSSR count). The van der Waals surface area contributed by atoms with Crippen LogP contribution in [0.2, 0.25) is 0 Å². The monoisotopic (exact) mass is 273 g/mol. The van der Waals surface area contributed by atoms with Crippen molar-refractivity contribution in [1.82, 2.24) is 4.90 Å². The Morgan fingerprint density at radius 1 is 1.25 bits per heavy atom. The fraction of sp³-hybridized carbons (Fsp3) is 0.467. The Bertz CT molecular complexity index is 552. The summed E-state index contributed by atoms with van der Waals surface area (Å²) in [6, 6.07) is 7.60. The van der Waals surface area contributed by atoms with Crippen LogP contribution in [0.3, 0.4) is 0 Å². The van der Waals surface area contributed by atoms with Crippen LogP contribution in [0.25, 0.3) is 0 Å². The van der Waals surface area contributed by atoms with Gasteiger partial charge in [0.2, 0.25) is 5.91 Å². The number of imide groups is 1. The topological polar surface area (TPSA) is 52.7 Å². The number of hydrogen-bond donors (Lipinski definition) is 1. The first kappa shape index (κ1) is 13.0. The van der Waals surface area contributed by atoms with Gasteiger partial charge >= 0.3 is 0 Å². The Kier molecular flexibility index (Phi) is 3.12. The predicted molar refractivity (Wildman–Crippen MR) is 77.7 cm³/mol. The van der Waals surface area contributed by atoms with Crippen molar-refractivity contribution in [1.29, 1.82) is 0 Å². The van der Waals surface area contributed by atoms with E-state index in [2.05, 4.69) is 5.32 Å². The van der Waals surface area contributed by atoms with Crippen LogP contribution < -0.4 is 10.2 Å². The minimum absolute atomic E-state index is 0.0428. The van der Waals surface area contributed by atoms with Crippen molar-refractivity contribution < 1.29 is 9.59 Å². The van der Waals surface area contributed by atoms with E-state index in [4.69, 9.17) is 0 Å². The Balaban J connectivity index is 1.73. The lowest BCUT2D eigenvalue weighted by atomic mass is 10.2. The standard InChI is InChI=1S/C15H19N3O2/c1-17(2)12-5-3-4-10(8-12)16-13-9-14(19)18(15(13)20)11-6-7-11/h3-5,8,11,13,16H,6-7,9H2,1-2H3. The average molecular weight is 273 g/mol. The van der Waals surface area contributed by atoms with Gasteiger partial charge in [-0.05, 0) is 31.0 Å². The summed E-state index contributed by atoms with van der Waals surface area (Å²) in [5.74, 6) is -0.119. The molecule has 2 amide bonds. The Morgan fingerprint density at radius 3 is 2.65 bits per heavy atom. The normalized spacial score (nSPS) is 22.3. The van der Waals surface area contributed by atoms with E-state index < -0.39 is 6.04 Å². The summed E-state index contributed by atoms with van der Waals surface area (Å²) in [6.07, 6.45) is 2.18. The molecule has 1 aromatic carbocycles. The number of benzene rings is 1. The molecule has 1 atom stereocenters. The summed E-state index contributed by atoms with van der Waals surface area (Å²) in [4.78, 5) is 27.6. The molecule has 5 nitrogen and oxygen atoms in total. The van der Waals surface area contributed by atoms with Crippen molar-refractivity contribution >= 4 is 23.2 Å². The molecule has 20 heavy (non-hydrogen) atoms. The molecule has 1 N–H and O–H groups in total. The first-order chi connectivity index (χ1) is 9.56. The molecule has 106 valence electrons. The number of carbonyl (C=O) groups excluding carboxylic acids is 2. The van der Waals surface area contributed by atoms with Crippen LogP contribution in [0.1, 0.15) is 19.3 Å². The van der Waals surface area contributed by atoms with Crippen molar-refractivity contribution in [2.45, 2.75) is 31.3 Å². The molecular weight excluding hydrogens is 254 g/mol. The molecule has 0 radical (unpaired) electrons. The predicted octanol–water partition coefficient (Wildman–Crippen LogP) is 1.45. The number of nitrogens with zero attached hydrogens (tertiary/aromatic N) is 2. The van der Waals surface area contributed by atoms with Gasteiger partial charge in [-0.3, -0.25) is 14.5 Å². The van der Waals surface area contributed by atoms with Gasteiger partial charge in [-0.15, -0.1) is 0 Å². The van der Waals surface area contributed by atoms with Crippen molar-refractivity contribution in [3.63, 3.8) is 0 Å². The molecule has 0 spiro atoms. The van der Waals surface area contributed by atoms with E-state index in [1.54, 1.807) is 0 Å². The van der Waals surface area contributed by atoms with Gasteiger partial charge in [-0.1, -0.05) is 6.07 Å². The first-order valence-electron chi connectivity index (χ1n) is 6.96. The van der Waals surface area contributed by atoms with Crippen LogP contribution in [0, 0.1) is 0 Å². The molecule has 1 saturated carbocycles. The number of rotatable bonds is 4. The highest BCUT2D eigenvalue weighted by Gasteiger charge is 2.46. The minimum Gasteiger partial charge on any atom is -0.378 e. The largest absolute Gasteiger partial charge is 0.378 e. The van der Waals surface area contributed by atoms with Crippen LogP contribution in [0.15, 0.2) is 24.3 Å². The van der Waals surface area contributed by atoms with Crippen molar-refractivity contribution in [3.8, 4) is 0 Å². The molecule has 1 aliphatic heterocycles. The third-order valence-electron chi connectivity index (χ3n) is 3.80. The maximum absolute atomic E-state index is 12.3. The third-order valence-corrected chi connectivity index (χ3v) is 3.80. The molecule has 1 unspecified atom stereocenters. The summed E-state index contributed by atoms with van der Waals surface area (Å²) in [6.45, 7) is 0. The Labute approximate surface area is 118 Å². The van der Waals surface area contributed by atoms with E-state index in [1.165, 1.54) is 4.90 Å². The van der Waals surface area contributed by atoms with Crippen molar-refractivity contribution in [2.75, 3.05) is 24.3 Å². The zero-order valence-electron chi connectivity index (χ0n) is 11.8. The van der Waals surface area contributed by atoms with Gasteiger partial charge in [0.05, 0.1) is 6.42 Å².